The van der Waals surface area contributed by atoms with Gasteiger partial charge in [0.15, 0.2) is 0 Å². The van der Waals surface area contributed by atoms with Gasteiger partial charge in [0.2, 0.25) is 5.91 Å². The highest BCUT2D eigenvalue weighted by Crippen LogP contribution is 2.34. The van der Waals surface area contributed by atoms with Crippen LogP contribution in [-0.4, -0.2) is 23.9 Å². The minimum Gasteiger partial charge on any atom is -0.325 e. The zero-order valence-corrected chi connectivity index (χ0v) is 13.0. The van der Waals surface area contributed by atoms with Crippen molar-refractivity contribution < 1.29 is 4.79 Å². The first-order chi connectivity index (χ1) is 10.8. The van der Waals surface area contributed by atoms with E-state index in [4.69, 9.17) is 5.26 Å². The van der Waals surface area contributed by atoms with Gasteiger partial charge in [-0.05, 0) is 55.1 Å². The largest absolute Gasteiger partial charge is 0.325 e. The zero-order chi connectivity index (χ0) is 15.4. The molecule has 2 heterocycles. The molecule has 1 aromatic heterocycles. The molecule has 1 amide bonds. The number of rotatable bonds is 4. The van der Waals surface area contributed by atoms with Gasteiger partial charge < -0.3 is 5.32 Å². The number of likely N-dealkylation sites (tertiary alicyclic amines) is 1. The second kappa shape index (κ2) is 6.73. The van der Waals surface area contributed by atoms with Crippen LogP contribution in [-0.2, 0) is 4.79 Å². The molecular weight excluding hydrogens is 294 g/mol. The maximum absolute atomic E-state index is 12.2. The summed E-state index contributed by atoms with van der Waals surface area (Å²) in [6.45, 7) is 1.37. The number of hydrogen-bond acceptors (Lipinski definition) is 4. The summed E-state index contributed by atoms with van der Waals surface area (Å²) in [7, 11) is 0. The summed E-state index contributed by atoms with van der Waals surface area (Å²) in [4.78, 5) is 15.8. The van der Waals surface area contributed by atoms with Gasteiger partial charge >= 0.3 is 0 Å². The van der Waals surface area contributed by atoms with Crippen molar-refractivity contribution in [3.05, 3.63) is 52.2 Å². The van der Waals surface area contributed by atoms with Crippen LogP contribution in [0.5, 0.6) is 0 Å². The summed E-state index contributed by atoms with van der Waals surface area (Å²) >= 11 is 1.76. The molecule has 1 aliphatic heterocycles. The van der Waals surface area contributed by atoms with Gasteiger partial charge in [-0.3, -0.25) is 9.69 Å². The van der Waals surface area contributed by atoms with Crippen LogP contribution in [0.1, 0.15) is 29.3 Å². The van der Waals surface area contributed by atoms with Crippen molar-refractivity contribution in [1.29, 1.82) is 5.26 Å². The van der Waals surface area contributed by atoms with Crippen molar-refractivity contribution in [1.82, 2.24) is 4.90 Å². The number of benzene rings is 1. The summed E-state index contributed by atoms with van der Waals surface area (Å²) in [6.07, 6.45) is 2.25. The lowest BCUT2D eigenvalue weighted by atomic mass is 10.2. The van der Waals surface area contributed by atoms with E-state index < -0.39 is 0 Å². The van der Waals surface area contributed by atoms with Crippen LogP contribution >= 0.6 is 11.3 Å². The van der Waals surface area contributed by atoms with Crippen LogP contribution in [0, 0.1) is 11.3 Å². The number of nitrogens with zero attached hydrogens (tertiary/aromatic N) is 2. The molecule has 1 atom stereocenters. The molecule has 1 fully saturated rings. The Hall–Kier alpha value is -2.16. The lowest BCUT2D eigenvalue weighted by Crippen LogP contribution is -2.32. The van der Waals surface area contributed by atoms with E-state index in [1.54, 1.807) is 35.6 Å². The van der Waals surface area contributed by atoms with Gasteiger partial charge in [-0.15, -0.1) is 11.3 Å². The van der Waals surface area contributed by atoms with Crippen molar-refractivity contribution in [2.75, 3.05) is 18.4 Å². The summed E-state index contributed by atoms with van der Waals surface area (Å²) in [5.41, 5.74) is 1.33. The summed E-state index contributed by atoms with van der Waals surface area (Å²) in [6, 6.07) is 13.6. The van der Waals surface area contributed by atoms with Crippen LogP contribution in [0.15, 0.2) is 41.8 Å². The number of nitriles is 1. The second-order valence-corrected chi connectivity index (χ2v) is 6.36. The van der Waals surface area contributed by atoms with Crippen molar-refractivity contribution in [2.24, 2.45) is 0 Å². The Kier molecular flexibility index (Phi) is 4.52. The molecule has 0 bridgehead atoms. The average molecular weight is 311 g/mol. The van der Waals surface area contributed by atoms with Crippen LogP contribution < -0.4 is 5.32 Å². The van der Waals surface area contributed by atoms with Crippen molar-refractivity contribution >= 4 is 22.9 Å². The highest BCUT2D eigenvalue weighted by atomic mass is 32.1. The number of anilines is 1. The molecule has 0 radical (unpaired) electrons. The van der Waals surface area contributed by atoms with E-state index >= 15 is 0 Å². The maximum atomic E-state index is 12.2. The first kappa shape index (κ1) is 14.8. The first-order valence-electron chi connectivity index (χ1n) is 7.34. The predicted octanol–water partition coefficient (Wildman–Crippen LogP) is 3.40. The van der Waals surface area contributed by atoms with Crippen molar-refractivity contribution in [3.8, 4) is 6.07 Å². The molecule has 0 spiro atoms. The Morgan fingerprint density at radius 1 is 1.36 bits per heavy atom. The monoisotopic (exact) mass is 311 g/mol. The Balaban J connectivity index is 1.60. The average Bonchev–Trinajstić information content (AvgIpc) is 3.18. The van der Waals surface area contributed by atoms with Gasteiger partial charge in [0, 0.05) is 16.6 Å². The summed E-state index contributed by atoms with van der Waals surface area (Å²) in [5, 5.41) is 13.8. The van der Waals surface area contributed by atoms with Gasteiger partial charge in [0.05, 0.1) is 18.2 Å². The fourth-order valence-corrected chi connectivity index (χ4v) is 3.73. The summed E-state index contributed by atoms with van der Waals surface area (Å²) in [5.74, 6) is -0.00633. The fourth-order valence-electron chi connectivity index (χ4n) is 2.83. The molecule has 0 saturated carbocycles. The van der Waals surface area contributed by atoms with Gasteiger partial charge in [-0.1, -0.05) is 6.07 Å². The molecule has 1 aliphatic rings. The Morgan fingerprint density at radius 3 is 2.86 bits per heavy atom. The molecule has 22 heavy (non-hydrogen) atoms. The summed E-state index contributed by atoms with van der Waals surface area (Å²) < 4.78 is 0. The van der Waals surface area contributed by atoms with E-state index in [1.807, 2.05) is 0 Å². The van der Waals surface area contributed by atoms with Crippen LogP contribution in [0.25, 0.3) is 0 Å². The van der Waals surface area contributed by atoms with Crippen LogP contribution in [0.2, 0.25) is 0 Å². The van der Waals surface area contributed by atoms with Gasteiger partial charge in [-0.25, -0.2) is 0 Å². The number of hydrogen-bond donors (Lipinski definition) is 1. The number of nitrogens with one attached hydrogen (secondary N) is 1. The standard InChI is InChI=1S/C17H17N3OS/c18-11-13-5-7-14(8-6-13)19-17(21)12-20-9-1-3-15(20)16-4-2-10-22-16/h2,4-8,10,15H,1,3,9,12H2,(H,19,21)/t15-/m0/s1. The van der Waals surface area contributed by atoms with E-state index in [2.05, 4.69) is 33.8 Å². The topological polar surface area (TPSA) is 56.1 Å². The van der Waals surface area contributed by atoms with Crippen molar-refractivity contribution in [2.45, 2.75) is 18.9 Å². The zero-order valence-electron chi connectivity index (χ0n) is 12.2. The van der Waals surface area contributed by atoms with E-state index in [0.717, 1.165) is 25.1 Å². The molecule has 5 heteroatoms. The van der Waals surface area contributed by atoms with E-state index in [9.17, 15) is 4.79 Å². The second-order valence-electron chi connectivity index (χ2n) is 5.38. The Morgan fingerprint density at radius 2 is 2.18 bits per heavy atom. The molecule has 1 saturated heterocycles. The molecular formula is C17H17N3OS. The highest BCUT2D eigenvalue weighted by Gasteiger charge is 2.28. The van der Waals surface area contributed by atoms with Crippen molar-refractivity contribution in [3.63, 3.8) is 0 Å². The van der Waals surface area contributed by atoms with Crippen LogP contribution in [0.4, 0.5) is 5.69 Å². The van der Waals surface area contributed by atoms with Gasteiger partial charge in [-0.2, -0.15) is 5.26 Å². The predicted molar refractivity (Wildman–Crippen MR) is 87.7 cm³/mol. The lowest BCUT2D eigenvalue weighted by Gasteiger charge is -2.22. The highest BCUT2D eigenvalue weighted by molar-refractivity contribution is 7.10. The fraction of sp³-hybridized carbons (Fsp3) is 0.294. The molecule has 1 N–H and O–H groups in total. The Labute approximate surface area is 134 Å². The smallest absolute Gasteiger partial charge is 0.238 e. The molecule has 0 aliphatic carbocycles. The SMILES string of the molecule is N#Cc1ccc(NC(=O)CN2CCC[C@H]2c2cccs2)cc1. The third-order valence-corrected chi connectivity index (χ3v) is 4.85. The third kappa shape index (κ3) is 3.35. The quantitative estimate of drug-likeness (QED) is 0.941. The normalized spacial score (nSPS) is 18.0. The van der Waals surface area contributed by atoms with Gasteiger partial charge in [0.1, 0.15) is 0 Å². The van der Waals surface area contributed by atoms with E-state index in [-0.39, 0.29) is 5.91 Å². The minimum absolute atomic E-state index is 0.00633. The first-order valence-corrected chi connectivity index (χ1v) is 8.22. The van der Waals surface area contributed by atoms with E-state index in [0.29, 0.717) is 18.2 Å². The molecule has 2 aromatic rings. The lowest BCUT2D eigenvalue weighted by molar-refractivity contribution is -0.117. The Bertz CT molecular complexity index is 673. The number of carbonyl (C=O) groups excluding carboxylic acids is 1. The molecule has 0 unspecified atom stereocenters. The third-order valence-electron chi connectivity index (χ3n) is 3.88. The van der Waals surface area contributed by atoms with Crippen LogP contribution in [0.3, 0.4) is 0 Å². The minimum atomic E-state index is -0.00633. The number of thiophene rings is 1. The number of carbonyl (C=O) groups is 1. The maximum Gasteiger partial charge on any atom is 0.238 e. The molecule has 1 aromatic carbocycles. The number of amides is 1. The molecule has 3 rings (SSSR count). The van der Waals surface area contributed by atoms with Gasteiger partial charge in [0.25, 0.3) is 0 Å². The molecule has 4 nitrogen and oxygen atoms in total. The molecule has 112 valence electrons. The van der Waals surface area contributed by atoms with E-state index in [1.165, 1.54) is 4.88 Å².